The monoisotopic (exact) mass is 309 g/mol. The lowest BCUT2D eigenvalue weighted by Crippen LogP contribution is -2.36. The van der Waals surface area contributed by atoms with E-state index in [1.807, 2.05) is 12.1 Å². The molecule has 1 aromatic carbocycles. The minimum absolute atomic E-state index is 0.396. The molecular formula is C15H20ClN3S. The summed E-state index contributed by atoms with van der Waals surface area (Å²) in [4.78, 5) is 5.34. The molecule has 20 heavy (non-hydrogen) atoms. The maximum atomic E-state index is 6.43. The molecule has 2 heterocycles. The number of anilines is 1. The van der Waals surface area contributed by atoms with E-state index in [4.69, 9.17) is 29.6 Å². The van der Waals surface area contributed by atoms with Crippen molar-refractivity contribution in [2.24, 2.45) is 5.73 Å². The van der Waals surface area contributed by atoms with Gasteiger partial charge in [-0.1, -0.05) is 23.8 Å². The first-order chi connectivity index (χ1) is 9.56. The van der Waals surface area contributed by atoms with Crippen molar-refractivity contribution in [3.63, 3.8) is 0 Å². The summed E-state index contributed by atoms with van der Waals surface area (Å²) >= 11 is 11.4. The van der Waals surface area contributed by atoms with E-state index < -0.39 is 0 Å². The first-order valence-electron chi connectivity index (χ1n) is 7.12. The fraction of sp³-hybridized carbons (Fsp3) is 0.533. The number of thiocarbonyl (C=S) groups is 1. The number of hydrogen-bond acceptors (Lipinski definition) is 3. The van der Waals surface area contributed by atoms with E-state index in [0.29, 0.717) is 11.0 Å². The second-order valence-corrected chi connectivity index (χ2v) is 6.66. The molecule has 2 fully saturated rings. The van der Waals surface area contributed by atoms with E-state index in [2.05, 4.69) is 22.9 Å². The smallest absolute Gasteiger partial charge is 0.104 e. The first kappa shape index (κ1) is 14.1. The van der Waals surface area contributed by atoms with Gasteiger partial charge in [0.25, 0.3) is 0 Å². The molecule has 0 saturated carbocycles. The van der Waals surface area contributed by atoms with Crippen molar-refractivity contribution in [2.75, 3.05) is 25.0 Å². The molecule has 1 aromatic rings. The van der Waals surface area contributed by atoms with Gasteiger partial charge in [-0.2, -0.15) is 0 Å². The van der Waals surface area contributed by atoms with Crippen LogP contribution in [0.15, 0.2) is 18.2 Å². The molecule has 2 saturated heterocycles. The van der Waals surface area contributed by atoms with Crippen LogP contribution in [0.25, 0.3) is 0 Å². The van der Waals surface area contributed by atoms with E-state index in [1.54, 1.807) is 0 Å². The Hall–Kier alpha value is -0.840. The van der Waals surface area contributed by atoms with Gasteiger partial charge in [0.15, 0.2) is 0 Å². The van der Waals surface area contributed by atoms with Crippen LogP contribution in [-0.4, -0.2) is 42.1 Å². The highest BCUT2D eigenvalue weighted by Crippen LogP contribution is 2.33. The van der Waals surface area contributed by atoms with Gasteiger partial charge in [-0.05, 0) is 44.5 Å². The number of halogens is 1. The molecule has 5 heteroatoms. The molecule has 2 bridgehead atoms. The zero-order valence-electron chi connectivity index (χ0n) is 11.7. The Morgan fingerprint density at radius 2 is 2.05 bits per heavy atom. The van der Waals surface area contributed by atoms with Gasteiger partial charge in [-0.3, -0.25) is 4.90 Å². The zero-order chi connectivity index (χ0) is 14.3. The largest absolute Gasteiger partial charge is 0.389 e. The fourth-order valence-corrected chi connectivity index (χ4v) is 3.87. The van der Waals surface area contributed by atoms with Crippen molar-refractivity contribution in [2.45, 2.75) is 31.3 Å². The van der Waals surface area contributed by atoms with Crippen LogP contribution < -0.4 is 10.6 Å². The highest BCUT2D eigenvalue weighted by atomic mass is 35.5. The maximum Gasteiger partial charge on any atom is 0.104 e. The molecule has 3 nitrogen and oxygen atoms in total. The molecule has 2 N–H and O–H groups in total. The molecule has 0 amide bonds. The summed E-state index contributed by atoms with van der Waals surface area (Å²) < 4.78 is 0. The molecule has 3 rings (SSSR count). The predicted octanol–water partition coefficient (Wildman–Crippen LogP) is 2.65. The Morgan fingerprint density at radius 1 is 1.30 bits per heavy atom. The zero-order valence-corrected chi connectivity index (χ0v) is 13.3. The minimum atomic E-state index is 0.396. The van der Waals surface area contributed by atoms with Crippen LogP contribution in [0.5, 0.6) is 0 Å². The van der Waals surface area contributed by atoms with Crippen molar-refractivity contribution >= 4 is 34.5 Å². The lowest BCUT2D eigenvalue weighted by atomic mass is 10.1. The van der Waals surface area contributed by atoms with Crippen molar-refractivity contribution in [3.05, 3.63) is 28.8 Å². The number of likely N-dealkylation sites (N-methyl/N-ethyl adjacent to an activating group) is 1. The van der Waals surface area contributed by atoms with Crippen LogP contribution in [-0.2, 0) is 0 Å². The predicted molar refractivity (Wildman–Crippen MR) is 88.7 cm³/mol. The molecule has 0 spiro atoms. The van der Waals surface area contributed by atoms with Crippen LogP contribution in [0.2, 0.25) is 5.02 Å². The molecule has 0 radical (unpaired) electrons. The van der Waals surface area contributed by atoms with Crippen LogP contribution >= 0.6 is 23.8 Å². The van der Waals surface area contributed by atoms with Crippen molar-refractivity contribution < 1.29 is 0 Å². The van der Waals surface area contributed by atoms with E-state index >= 15 is 0 Å². The molecule has 108 valence electrons. The third-order valence-electron chi connectivity index (χ3n) is 4.72. The third-order valence-corrected chi connectivity index (χ3v) is 5.26. The second kappa shape index (κ2) is 5.51. The Balaban J connectivity index is 1.84. The number of rotatable bonds is 2. The van der Waals surface area contributed by atoms with Gasteiger partial charge in [-0.25, -0.2) is 0 Å². The Bertz CT molecular complexity index is 534. The van der Waals surface area contributed by atoms with Crippen LogP contribution in [0.4, 0.5) is 5.69 Å². The molecule has 0 aliphatic carbocycles. The number of nitrogens with two attached hydrogens (primary N) is 1. The van der Waals surface area contributed by atoms with Crippen LogP contribution in [0.3, 0.4) is 0 Å². The van der Waals surface area contributed by atoms with Gasteiger partial charge in [0.05, 0.1) is 10.7 Å². The summed E-state index contributed by atoms with van der Waals surface area (Å²) in [6.07, 6.45) is 3.84. The first-order valence-corrected chi connectivity index (χ1v) is 7.91. The van der Waals surface area contributed by atoms with Crippen LogP contribution in [0.1, 0.15) is 24.8 Å². The van der Waals surface area contributed by atoms with Gasteiger partial charge < -0.3 is 10.6 Å². The molecule has 2 aliphatic heterocycles. The summed E-state index contributed by atoms with van der Waals surface area (Å²) in [5.74, 6) is 0. The van der Waals surface area contributed by atoms with Crippen molar-refractivity contribution in [1.29, 1.82) is 0 Å². The minimum Gasteiger partial charge on any atom is -0.389 e. The van der Waals surface area contributed by atoms with E-state index in [9.17, 15) is 0 Å². The van der Waals surface area contributed by atoms with E-state index in [-0.39, 0.29) is 0 Å². The topological polar surface area (TPSA) is 32.5 Å². The molecule has 2 aliphatic rings. The number of benzene rings is 1. The van der Waals surface area contributed by atoms with E-state index in [1.165, 1.54) is 19.3 Å². The molecule has 2 unspecified atom stereocenters. The standard InChI is InChI=1S/C15H20ClN3S/c1-18-11-3-4-12(18)9-19(7-6-11)14-5-2-10(15(17)20)8-13(14)16/h2,5,8,11-12H,3-4,6-7,9H2,1H3,(H2,17,20). The van der Waals surface area contributed by atoms with Crippen molar-refractivity contribution in [3.8, 4) is 0 Å². The molecular weight excluding hydrogens is 290 g/mol. The Morgan fingerprint density at radius 3 is 2.75 bits per heavy atom. The third kappa shape index (κ3) is 2.52. The second-order valence-electron chi connectivity index (χ2n) is 5.82. The average molecular weight is 310 g/mol. The molecule has 2 atom stereocenters. The summed E-state index contributed by atoms with van der Waals surface area (Å²) in [6, 6.07) is 7.28. The highest BCUT2D eigenvalue weighted by molar-refractivity contribution is 7.80. The van der Waals surface area contributed by atoms with Gasteiger partial charge in [0.2, 0.25) is 0 Å². The van der Waals surface area contributed by atoms with E-state index in [0.717, 1.165) is 35.4 Å². The summed E-state index contributed by atoms with van der Waals surface area (Å²) in [7, 11) is 2.25. The van der Waals surface area contributed by atoms with Gasteiger partial charge in [0.1, 0.15) is 4.99 Å². The normalized spacial score (nSPS) is 26.6. The Kier molecular flexibility index (Phi) is 3.89. The number of fused-ring (bicyclic) bond motifs is 2. The fourth-order valence-electron chi connectivity index (χ4n) is 3.44. The summed E-state index contributed by atoms with van der Waals surface area (Å²) in [5, 5.41) is 0.746. The number of hydrogen-bond donors (Lipinski definition) is 1. The SMILES string of the molecule is CN1C2CCC1CN(c1ccc(C(N)=S)cc1Cl)CC2. The van der Waals surface area contributed by atoms with Gasteiger partial charge in [-0.15, -0.1) is 0 Å². The van der Waals surface area contributed by atoms with Gasteiger partial charge >= 0.3 is 0 Å². The lowest BCUT2D eigenvalue weighted by molar-refractivity contribution is 0.254. The van der Waals surface area contributed by atoms with Crippen molar-refractivity contribution in [1.82, 2.24) is 4.90 Å². The average Bonchev–Trinajstić information content (AvgIpc) is 2.64. The summed E-state index contributed by atoms with van der Waals surface area (Å²) in [5.41, 5.74) is 7.60. The quantitative estimate of drug-likeness (QED) is 0.851. The van der Waals surface area contributed by atoms with Gasteiger partial charge in [0, 0.05) is 30.7 Å². The Labute approximate surface area is 130 Å². The number of nitrogens with zero attached hydrogens (tertiary/aromatic N) is 2. The lowest BCUT2D eigenvalue weighted by Gasteiger charge is -2.28. The molecule has 0 aromatic heterocycles. The summed E-state index contributed by atoms with van der Waals surface area (Å²) in [6.45, 7) is 2.12. The highest BCUT2D eigenvalue weighted by Gasteiger charge is 2.35. The maximum absolute atomic E-state index is 6.43. The van der Waals surface area contributed by atoms with Crippen LogP contribution in [0, 0.1) is 0 Å².